The molecule has 0 aliphatic carbocycles. The highest BCUT2D eigenvalue weighted by atomic mass is 32.2. The van der Waals surface area contributed by atoms with Gasteiger partial charge in [0.05, 0.1) is 17.2 Å². The van der Waals surface area contributed by atoms with Gasteiger partial charge in [-0.1, -0.05) is 19.1 Å². The number of nitrogens with zero attached hydrogens (tertiary/aromatic N) is 4. The highest BCUT2D eigenvalue weighted by molar-refractivity contribution is 7.90. The normalized spacial score (nSPS) is 17.0. The van der Waals surface area contributed by atoms with Gasteiger partial charge in [0, 0.05) is 24.0 Å². The molecule has 9 nitrogen and oxygen atoms in total. The van der Waals surface area contributed by atoms with Crippen LogP contribution in [0.5, 0.6) is 0 Å². The molecule has 0 saturated carbocycles. The fraction of sp³-hybridized carbons (Fsp3) is 0.280. The zero-order valence-corrected chi connectivity index (χ0v) is 20.5. The first-order valence-corrected chi connectivity index (χ1v) is 12.6. The van der Waals surface area contributed by atoms with Gasteiger partial charge < -0.3 is 10.2 Å². The van der Waals surface area contributed by atoms with Crippen LogP contribution in [0.25, 0.3) is 0 Å². The van der Waals surface area contributed by atoms with Crippen molar-refractivity contribution >= 4 is 33.3 Å². The van der Waals surface area contributed by atoms with Crippen LogP contribution in [0.4, 0.5) is 17.3 Å². The standard InChI is InChI=1S/C25H26N6O3S/c1-17-12-14-31(25(17,2)3)23-20(9-6-13-27-23)24(32)30-35(33,34)22-11-5-10-21(29-22)28-19-8-4-7-18(15-19)16-26/h4-11,13,15,17H,12,14H2,1-3H3,(H,28,29)(H,30,32). The molecule has 180 valence electrons. The van der Waals surface area contributed by atoms with Crippen molar-refractivity contribution in [2.24, 2.45) is 5.92 Å². The summed E-state index contributed by atoms with van der Waals surface area (Å²) in [6, 6.07) is 16.4. The molecule has 10 heteroatoms. The minimum atomic E-state index is -4.26. The van der Waals surface area contributed by atoms with Crippen molar-refractivity contribution in [3.05, 3.63) is 71.9 Å². The maximum absolute atomic E-state index is 13.1. The molecular formula is C25H26N6O3S. The van der Waals surface area contributed by atoms with Gasteiger partial charge in [-0.05, 0) is 68.7 Å². The summed E-state index contributed by atoms with van der Waals surface area (Å²) in [4.78, 5) is 23.7. The number of carbonyl (C=O) groups is 1. The van der Waals surface area contributed by atoms with Gasteiger partial charge in [-0.15, -0.1) is 0 Å². The quantitative estimate of drug-likeness (QED) is 0.533. The Labute approximate surface area is 204 Å². The summed E-state index contributed by atoms with van der Waals surface area (Å²) in [7, 11) is -4.26. The van der Waals surface area contributed by atoms with Gasteiger partial charge in [0.15, 0.2) is 5.03 Å². The van der Waals surface area contributed by atoms with Gasteiger partial charge in [0.25, 0.3) is 15.9 Å². The number of hydrogen-bond acceptors (Lipinski definition) is 8. The van der Waals surface area contributed by atoms with Crippen LogP contribution in [0.1, 0.15) is 43.1 Å². The number of hydrogen-bond donors (Lipinski definition) is 2. The highest BCUT2D eigenvalue weighted by Gasteiger charge is 2.40. The molecule has 1 aromatic carbocycles. The third-order valence-electron chi connectivity index (χ3n) is 6.46. The summed E-state index contributed by atoms with van der Waals surface area (Å²) >= 11 is 0. The molecule has 0 spiro atoms. The first-order valence-electron chi connectivity index (χ1n) is 11.2. The van der Waals surface area contributed by atoms with Crippen molar-refractivity contribution in [1.82, 2.24) is 14.7 Å². The largest absolute Gasteiger partial charge is 0.351 e. The van der Waals surface area contributed by atoms with Crippen molar-refractivity contribution in [3.8, 4) is 6.07 Å². The second-order valence-corrected chi connectivity index (χ2v) is 10.6. The van der Waals surface area contributed by atoms with Crippen LogP contribution >= 0.6 is 0 Å². The van der Waals surface area contributed by atoms with E-state index >= 15 is 0 Å². The molecule has 1 aliphatic rings. The number of benzene rings is 1. The zero-order valence-electron chi connectivity index (χ0n) is 19.7. The molecule has 35 heavy (non-hydrogen) atoms. The van der Waals surface area contributed by atoms with Gasteiger partial charge in [-0.25, -0.2) is 14.7 Å². The fourth-order valence-electron chi connectivity index (χ4n) is 4.08. The van der Waals surface area contributed by atoms with Crippen molar-refractivity contribution in [3.63, 3.8) is 0 Å². The number of anilines is 3. The maximum atomic E-state index is 13.1. The number of rotatable bonds is 6. The number of nitrogens with one attached hydrogen (secondary N) is 2. The van der Waals surface area contributed by atoms with Gasteiger partial charge in [0.1, 0.15) is 11.6 Å². The van der Waals surface area contributed by atoms with Crippen molar-refractivity contribution in [1.29, 1.82) is 5.26 Å². The second kappa shape index (κ2) is 9.35. The van der Waals surface area contributed by atoms with E-state index in [4.69, 9.17) is 5.26 Å². The summed E-state index contributed by atoms with van der Waals surface area (Å²) in [6.07, 6.45) is 2.54. The average Bonchev–Trinajstić information content (AvgIpc) is 3.11. The summed E-state index contributed by atoms with van der Waals surface area (Å²) in [5, 5.41) is 11.7. The average molecular weight is 491 g/mol. The van der Waals surface area contributed by atoms with Crippen LogP contribution in [0.2, 0.25) is 0 Å². The SMILES string of the molecule is CC1CCN(c2ncccc2C(=O)NS(=O)(=O)c2cccc(Nc3cccc(C#N)c3)n2)C1(C)C. The first kappa shape index (κ1) is 24.2. The third kappa shape index (κ3) is 4.95. The lowest BCUT2D eigenvalue weighted by Crippen LogP contribution is -2.43. The van der Waals surface area contributed by atoms with E-state index in [1.807, 2.05) is 6.07 Å². The predicted molar refractivity (Wildman–Crippen MR) is 133 cm³/mol. The minimum absolute atomic E-state index is 0.181. The minimum Gasteiger partial charge on any atom is -0.351 e. The van der Waals surface area contributed by atoms with Crippen molar-refractivity contribution < 1.29 is 13.2 Å². The first-order chi connectivity index (χ1) is 16.6. The number of carbonyl (C=O) groups excluding carboxylic acids is 1. The van der Waals surface area contributed by atoms with E-state index < -0.39 is 15.9 Å². The second-order valence-electron chi connectivity index (χ2n) is 8.98. The molecule has 3 aromatic rings. The van der Waals surface area contributed by atoms with E-state index in [-0.39, 0.29) is 21.9 Å². The third-order valence-corrected chi connectivity index (χ3v) is 7.70. The Hall–Kier alpha value is -3.97. The zero-order chi connectivity index (χ0) is 25.2. The monoisotopic (exact) mass is 490 g/mol. The Morgan fingerprint density at radius 2 is 1.94 bits per heavy atom. The molecule has 1 saturated heterocycles. The summed E-state index contributed by atoms with van der Waals surface area (Å²) in [5.74, 6) is 0.323. The molecule has 2 N–H and O–H groups in total. The molecule has 1 amide bonds. The molecule has 0 radical (unpaired) electrons. The molecule has 1 aliphatic heterocycles. The van der Waals surface area contributed by atoms with E-state index in [2.05, 4.69) is 45.7 Å². The lowest BCUT2D eigenvalue weighted by molar-refractivity contribution is 0.0981. The lowest BCUT2D eigenvalue weighted by atomic mass is 9.90. The molecule has 2 aromatic heterocycles. The molecule has 1 atom stereocenters. The number of sulfonamides is 1. The topological polar surface area (TPSA) is 128 Å². The maximum Gasteiger partial charge on any atom is 0.281 e. The Balaban J connectivity index is 1.57. The van der Waals surface area contributed by atoms with Crippen LogP contribution in [0.3, 0.4) is 0 Å². The molecular weight excluding hydrogens is 464 g/mol. The molecule has 0 bridgehead atoms. The number of aromatic nitrogens is 2. The highest BCUT2D eigenvalue weighted by Crippen LogP contribution is 2.38. The van der Waals surface area contributed by atoms with Crippen LogP contribution in [-0.2, 0) is 10.0 Å². The Morgan fingerprint density at radius 1 is 1.17 bits per heavy atom. The van der Waals surface area contributed by atoms with E-state index in [0.717, 1.165) is 13.0 Å². The van der Waals surface area contributed by atoms with Gasteiger partial charge in [-0.3, -0.25) is 4.79 Å². The predicted octanol–water partition coefficient (Wildman–Crippen LogP) is 3.84. The van der Waals surface area contributed by atoms with Gasteiger partial charge >= 0.3 is 0 Å². The van der Waals surface area contributed by atoms with Gasteiger partial charge in [0.2, 0.25) is 0 Å². The fourth-order valence-corrected chi connectivity index (χ4v) is 5.01. The van der Waals surface area contributed by atoms with E-state index in [0.29, 0.717) is 23.0 Å². The molecule has 3 heterocycles. The molecule has 1 unspecified atom stereocenters. The van der Waals surface area contributed by atoms with Crippen LogP contribution in [0.15, 0.2) is 65.8 Å². The van der Waals surface area contributed by atoms with Crippen LogP contribution in [-0.4, -0.2) is 36.4 Å². The number of nitriles is 1. The Morgan fingerprint density at radius 3 is 2.66 bits per heavy atom. The lowest BCUT2D eigenvalue weighted by Gasteiger charge is -2.36. The summed E-state index contributed by atoms with van der Waals surface area (Å²) < 4.78 is 28.2. The van der Waals surface area contributed by atoms with E-state index in [1.54, 1.807) is 48.7 Å². The van der Waals surface area contributed by atoms with Crippen LogP contribution in [0, 0.1) is 17.2 Å². The smallest absolute Gasteiger partial charge is 0.281 e. The number of amides is 1. The molecule has 1 fully saturated rings. The Bertz CT molecular complexity index is 1410. The van der Waals surface area contributed by atoms with E-state index in [9.17, 15) is 13.2 Å². The van der Waals surface area contributed by atoms with Gasteiger partial charge in [-0.2, -0.15) is 13.7 Å². The Kier molecular flexibility index (Phi) is 6.45. The summed E-state index contributed by atoms with van der Waals surface area (Å²) in [5.41, 5.74) is 0.986. The summed E-state index contributed by atoms with van der Waals surface area (Å²) in [6.45, 7) is 7.05. The van der Waals surface area contributed by atoms with E-state index in [1.165, 1.54) is 12.1 Å². The van der Waals surface area contributed by atoms with Crippen molar-refractivity contribution in [2.75, 3.05) is 16.8 Å². The molecule has 4 rings (SSSR count). The number of pyridine rings is 2. The van der Waals surface area contributed by atoms with Crippen molar-refractivity contribution in [2.45, 2.75) is 37.8 Å². The van der Waals surface area contributed by atoms with Crippen LogP contribution < -0.4 is 14.9 Å².